The van der Waals surface area contributed by atoms with Gasteiger partial charge < -0.3 is 45.0 Å². The number of carbonyl (C=O) groups excluding carboxylic acids is 5. The lowest BCUT2D eigenvalue weighted by Crippen LogP contribution is -2.55. The second kappa shape index (κ2) is 22.1. The van der Waals surface area contributed by atoms with Crippen molar-refractivity contribution in [3.8, 4) is 17.6 Å². The number of likely N-dealkylation sites (N-methyl/N-ethyl adjacent to an activating group) is 1. The molecular weight excluding hydrogens is 853 g/mol. The SMILES string of the molecule is CC[C@@H]1C(=O)N(C)c2cnc(Nc3ccc(C(=O)NC4CCN(CCCOCCNCCCC#Cc5cccc6c5CN(C5CCC(=O)NC5=O)C6=O)CC4)cc3OC)nc2N1C1CCCC1. The van der Waals surface area contributed by atoms with Gasteiger partial charge in [-0.15, -0.1) is 0 Å². The zero-order chi connectivity index (χ0) is 46.9. The third-order valence-corrected chi connectivity index (χ3v) is 13.7. The summed E-state index contributed by atoms with van der Waals surface area (Å²) in [7, 11) is 3.37. The Hall–Kier alpha value is -6.09. The second-order valence-corrected chi connectivity index (χ2v) is 18.1. The number of nitrogens with zero attached hydrogens (tertiary/aromatic N) is 6. The molecule has 67 heavy (non-hydrogen) atoms. The summed E-state index contributed by atoms with van der Waals surface area (Å²) in [5.41, 5.74) is 4.08. The largest absolute Gasteiger partial charge is 0.495 e. The molecule has 2 saturated heterocycles. The molecule has 5 heterocycles. The lowest BCUT2D eigenvalue weighted by Gasteiger charge is -2.43. The Kier molecular flexibility index (Phi) is 15.7. The van der Waals surface area contributed by atoms with Gasteiger partial charge in [-0.2, -0.15) is 4.98 Å². The van der Waals surface area contributed by atoms with Gasteiger partial charge in [0.25, 0.3) is 11.8 Å². The van der Waals surface area contributed by atoms with Gasteiger partial charge in [-0.05, 0) is 93.8 Å². The van der Waals surface area contributed by atoms with Gasteiger partial charge in [-0.3, -0.25) is 29.3 Å². The van der Waals surface area contributed by atoms with Crippen LogP contribution in [0.15, 0.2) is 42.6 Å². The highest BCUT2D eigenvalue weighted by molar-refractivity contribution is 6.06. The van der Waals surface area contributed by atoms with Crippen LogP contribution in [0, 0.1) is 11.8 Å². The number of amides is 5. The molecule has 4 aliphatic heterocycles. The fourth-order valence-corrected chi connectivity index (χ4v) is 9.99. The number of rotatable bonds is 18. The summed E-state index contributed by atoms with van der Waals surface area (Å²) in [6.45, 7) is 8.05. The van der Waals surface area contributed by atoms with E-state index >= 15 is 0 Å². The minimum Gasteiger partial charge on any atom is -0.495 e. The maximum atomic E-state index is 13.4. The summed E-state index contributed by atoms with van der Waals surface area (Å²) in [6.07, 6.45) is 11.6. The lowest BCUT2D eigenvalue weighted by atomic mass is 10.0. The first-order valence-corrected chi connectivity index (χ1v) is 24.1. The van der Waals surface area contributed by atoms with Crippen LogP contribution < -0.4 is 35.8 Å². The molecule has 1 saturated carbocycles. The zero-order valence-electron chi connectivity index (χ0n) is 39.0. The van der Waals surface area contributed by atoms with Crippen molar-refractivity contribution in [3.63, 3.8) is 0 Å². The van der Waals surface area contributed by atoms with Crippen LogP contribution in [0.4, 0.5) is 23.1 Å². The molecule has 356 valence electrons. The van der Waals surface area contributed by atoms with Crippen LogP contribution in [0.2, 0.25) is 0 Å². The Balaban J connectivity index is 0.698. The lowest BCUT2D eigenvalue weighted by molar-refractivity contribution is -0.137. The number of ether oxygens (including phenoxy) is 2. The Bertz CT molecular complexity index is 2370. The van der Waals surface area contributed by atoms with Crippen LogP contribution in [0.5, 0.6) is 5.75 Å². The standard InChI is InChI=1S/C50H64N10O7/c1-4-40-49(65)57(2)42-31-52-50(56-45(42)60(40)36-14-7-8-15-36)54-39-18-17-34(30-43(39)66-3)46(62)53-35-21-26-58(27-22-35)25-11-28-67-29-24-51-23-9-5-6-12-33-13-10-16-37-38(33)32-59(48(37)64)41-19-20-44(61)55-47(41)63/h10,13,16-18,30-31,35-36,40-41,51H,4-5,7-9,11,14-15,19-29,32H2,1-3H3,(H,53,62)(H,52,54,56)(H,55,61,63)/t40-,41?/m1/s1. The van der Waals surface area contributed by atoms with Gasteiger partial charge in [0.1, 0.15) is 23.5 Å². The van der Waals surface area contributed by atoms with Crippen LogP contribution in [-0.2, 0) is 25.7 Å². The van der Waals surface area contributed by atoms with Gasteiger partial charge in [-0.1, -0.05) is 37.7 Å². The van der Waals surface area contributed by atoms with Crippen molar-refractivity contribution in [1.29, 1.82) is 0 Å². The maximum Gasteiger partial charge on any atom is 0.255 e. The number of aromatic nitrogens is 2. The average molecular weight is 917 g/mol. The monoisotopic (exact) mass is 916 g/mol. The number of unbranched alkanes of at least 4 members (excludes halogenated alkanes) is 1. The number of anilines is 4. The molecule has 5 amide bonds. The molecule has 1 aliphatic carbocycles. The normalized spacial score (nSPS) is 20.1. The van der Waals surface area contributed by atoms with E-state index in [0.717, 1.165) is 101 Å². The topological polar surface area (TPSA) is 191 Å². The van der Waals surface area contributed by atoms with Crippen molar-refractivity contribution in [1.82, 2.24) is 35.7 Å². The molecule has 17 nitrogen and oxygen atoms in total. The van der Waals surface area contributed by atoms with Gasteiger partial charge in [0.05, 0.1) is 25.6 Å². The van der Waals surface area contributed by atoms with E-state index in [0.29, 0.717) is 73.2 Å². The highest BCUT2D eigenvalue weighted by Crippen LogP contribution is 2.40. The Morgan fingerprint density at radius 3 is 2.58 bits per heavy atom. The molecule has 0 spiro atoms. The summed E-state index contributed by atoms with van der Waals surface area (Å²) >= 11 is 0. The number of fused-ring (bicyclic) bond motifs is 2. The number of benzene rings is 2. The molecule has 0 bridgehead atoms. The first kappa shape index (κ1) is 47.4. The highest BCUT2D eigenvalue weighted by Gasteiger charge is 2.42. The second-order valence-electron chi connectivity index (χ2n) is 18.1. The van der Waals surface area contributed by atoms with E-state index in [9.17, 15) is 24.0 Å². The van der Waals surface area contributed by atoms with E-state index in [-0.39, 0.29) is 48.2 Å². The molecule has 2 aromatic carbocycles. The van der Waals surface area contributed by atoms with Crippen molar-refractivity contribution >= 4 is 52.7 Å². The maximum absolute atomic E-state index is 13.4. The van der Waals surface area contributed by atoms with E-state index in [4.69, 9.17) is 14.5 Å². The Morgan fingerprint density at radius 2 is 1.81 bits per heavy atom. The number of imide groups is 1. The van der Waals surface area contributed by atoms with E-state index in [1.54, 1.807) is 48.4 Å². The van der Waals surface area contributed by atoms with Crippen molar-refractivity contribution in [2.24, 2.45) is 0 Å². The predicted molar refractivity (Wildman–Crippen MR) is 254 cm³/mol. The molecule has 3 fully saturated rings. The summed E-state index contributed by atoms with van der Waals surface area (Å²) in [4.78, 5) is 81.1. The molecule has 1 aromatic heterocycles. The van der Waals surface area contributed by atoms with Crippen molar-refractivity contribution in [3.05, 3.63) is 64.8 Å². The van der Waals surface area contributed by atoms with Gasteiger partial charge in [-0.25, -0.2) is 4.98 Å². The van der Waals surface area contributed by atoms with Gasteiger partial charge in [0.15, 0.2) is 5.82 Å². The molecule has 4 N–H and O–H groups in total. The number of hydrogen-bond acceptors (Lipinski definition) is 13. The van der Waals surface area contributed by atoms with Crippen LogP contribution in [0.25, 0.3) is 0 Å². The van der Waals surface area contributed by atoms with Crippen LogP contribution >= 0.6 is 0 Å². The van der Waals surface area contributed by atoms with Gasteiger partial charge >= 0.3 is 0 Å². The van der Waals surface area contributed by atoms with Crippen molar-refractivity contribution in [2.75, 3.05) is 75.2 Å². The smallest absolute Gasteiger partial charge is 0.255 e. The van der Waals surface area contributed by atoms with Gasteiger partial charge in [0.2, 0.25) is 23.7 Å². The fraction of sp³-hybridized carbons (Fsp3) is 0.540. The number of methoxy groups -OCH3 is 1. The van der Waals surface area contributed by atoms with E-state index in [1.807, 2.05) is 25.1 Å². The van der Waals surface area contributed by atoms with Crippen LogP contribution in [0.1, 0.15) is 116 Å². The minimum absolute atomic E-state index is 0.0723. The molecule has 5 aliphatic rings. The fourth-order valence-electron chi connectivity index (χ4n) is 9.99. The summed E-state index contributed by atoms with van der Waals surface area (Å²) in [5, 5.41) is 12.3. The van der Waals surface area contributed by atoms with Crippen LogP contribution in [-0.4, -0.2) is 134 Å². The number of hydrogen-bond donors (Lipinski definition) is 4. The molecule has 8 rings (SSSR count). The number of nitrogens with one attached hydrogen (secondary N) is 4. The van der Waals surface area contributed by atoms with Crippen molar-refractivity contribution in [2.45, 2.75) is 115 Å². The number of likely N-dealkylation sites (tertiary alicyclic amines) is 1. The summed E-state index contributed by atoms with van der Waals surface area (Å²) in [6, 6.07) is 10.3. The van der Waals surface area contributed by atoms with Crippen molar-refractivity contribution < 1.29 is 33.4 Å². The summed E-state index contributed by atoms with van der Waals surface area (Å²) in [5.74, 6) is 7.17. The molecular formula is C50H64N10O7. The van der Waals surface area contributed by atoms with E-state index in [2.05, 4.69) is 47.9 Å². The molecule has 1 unspecified atom stereocenters. The van der Waals surface area contributed by atoms with Crippen LogP contribution in [0.3, 0.4) is 0 Å². The number of carbonyl (C=O) groups is 5. The first-order chi connectivity index (χ1) is 32.6. The van der Waals surface area contributed by atoms with Gasteiger partial charge in [0, 0.05) is 88.0 Å². The third-order valence-electron chi connectivity index (χ3n) is 13.7. The molecule has 17 heteroatoms. The number of piperidine rings is 2. The zero-order valence-corrected chi connectivity index (χ0v) is 39.0. The predicted octanol–water partition coefficient (Wildman–Crippen LogP) is 4.52. The molecule has 0 radical (unpaired) electrons. The third kappa shape index (κ3) is 11.0. The molecule has 2 atom stereocenters. The molecule has 3 aromatic rings. The minimum atomic E-state index is -0.640. The Labute approximate surface area is 393 Å². The highest BCUT2D eigenvalue weighted by atomic mass is 16.5. The quantitative estimate of drug-likeness (QED) is 0.0793. The van der Waals surface area contributed by atoms with E-state index in [1.165, 1.54) is 0 Å². The first-order valence-electron chi connectivity index (χ1n) is 24.1. The summed E-state index contributed by atoms with van der Waals surface area (Å²) < 4.78 is 11.6. The Morgan fingerprint density at radius 1 is 0.985 bits per heavy atom. The average Bonchev–Trinajstić information content (AvgIpc) is 3.99. The van der Waals surface area contributed by atoms with E-state index < -0.39 is 11.9 Å².